The lowest BCUT2D eigenvalue weighted by atomic mass is 10.2. The third-order valence-electron chi connectivity index (χ3n) is 8.26. The molecule has 44 heavy (non-hydrogen) atoms. The molecule has 0 unspecified atom stereocenters. The highest BCUT2D eigenvalue weighted by atomic mass is 29.6. The van der Waals surface area contributed by atoms with Crippen molar-refractivity contribution in [1.29, 1.82) is 0 Å². The minimum absolute atomic E-state index is 0.403. The maximum atomic E-state index is 8.02. The fourth-order valence-electron chi connectivity index (χ4n) is 6.82. The van der Waals surface area contributed by atoms with E-state index < -0.39 is 28.9 Å². The Morgan fingerprint density at radius 2 is 0.659 bits per heavy atom. The summed E-state index contributed by atoms with van der Waals surface area (Å²) in [6, 6.07) is 68.1. The summed E-state index contributed by atoms with van der Waals surface area (Å²) in [6.07, 6.45) is 0. The lowest BCUT2D eigenvalue weighted by molar-refractivity contribution is 0.132. The molecular formula is C40H39OSi3-. The van der Waals surface area contributed by atoms with Crippen molar-refractivity contribution in [3.8, 4) is 0 Å². The summed E-state index contributed by atoms with van der Waals surface area (Å²) >= 11 is 0. The van der Waals surface area contributed by atoms with Gasteiger partial charge in [0.25, 0.3) is 0 Å². The molecule has 0 aliphatic carbocycles. The van der Waals surface area contributed by atoms with E-state index in [2.05, 4.69) is 203 Å². The van der Waals surface area contributed by atoms with Crippen LogP contribution in [0.5, 0.6) is 0 Å². The van der Waals surface area contributed by atoms with Gasteiger partial charge in [-0.3, -0.25) is 0 Å². The van der Waals surface area contributed by atoms with E-state index in [0.717, 1.165) is 0 Å². The van der Waals surface area contributed by atoms with Gasteiger partial charge in [0.1, 0.15) is 0 Å². The van der Waals surface area contributed by atoms with Gasteiger partial charge in [-0.25, -0.2) is 8.31 Å². The maximum Gasteiger partial charge on any atom is 0.222 e. The Balaban J connectivity index is 1.93. The van der Waals surface area contributed by atoms with E-state index in [-0.39, 0.29) is 0 Å². The molecule has 0 saturated carbocycles. The van der Waals surface area contributed by atoms with Crippen LogP contribution in [-0.4, -0.2) is 28.9 Å². The van der Waals surface area contributed by atoms with E-state index in [1.54, 1.807) is 0 Å². The molecule has 218 valence electrons. The number of benzene rings is 6. The normalized spacial score (nSPS) is 12.1. The topological polar surface area (TPSA) is 9.23 Å². The summed E-state index contributed by atoms with van der Waals surface area (Å²) < 4.78 is 8.02. The van der Waals surface area contributed by atoms with Gasteiger partial charge < -0.3 is 4.43 Å². The van der Waals surface area contributed by atoms with Crippen LogP contribution in [0, 0.1) is 0 Å². The van der Waals surface area contributed by atoms with Gasteiger partial charge in [0.05, 0.1) is 0 Å². The van der Waals surface area contributed by atoms with Gasteiger partial charge >= 0.3 is 0 Å². The van der Waals surface area contributed by atoms with E-state index in [9.17, 15) is 0 Å². The van der Waals surface area contributed by atoms with Crippen LogP contribution >= 0.6 is 0 Å². The maximum absolute atomic E-state index is 8.02. The van der Waals surface area contributed by atoms with Crippen molar-refractivity contribution >= 4 is 54.4 Å². The fraction of sp³-hybridized carbons (Fsp3) is 0.100. The molecule has 0 aliphatic heterocycles. The van der Waals surface area contributed by atoms with E-state index in [0.29, 0.717) is 0 Å². The quantitative estimate of drug-likeness (QED) is 0.200. The van der Waals surface area contributed by atoms with Gasteiger partial charge in [-0.15, -0.1) is 0 Å². The molecule has 1 nitrogen and oxygen atoms in total. The van der Waals surface area contributed by atoms with Crippen LogP contribution in [0.2, 0.25) is 0 Å². The van der Waals surface area contributed by atoms with Crippen molar-refractivity contribution in [2.75, 3.05) is 0 Å². The zero-order valence-corrected chi connectivity index (χ0v) is 28.7. The summed E-state index contributed by atoms with van der Waals surface area (Å²) in [7, 11) is -7.75. The average Bonchev–Trinajstić information content (AvgIpc) is 3.08. The summed E-state index contributed by atoms with van der Waals surface area (Å²) in [4.78, 5) is 0. The Bertz CT molecular complexity index is 1620. The van der Waals surface area contributed by atoms with Gasteiger partial charge in [-0.05, 0) is 31.1 Å². The van der Waals surface area contributed by atoms with Crippen molar-refractivity contribution in [2.24, 2.45) is 0 Å². The molecule has 0 aliphatic rings. The molecule has 0 fully saturated rings. The van der Waals surface area contributed by atoms with E-state index >= 15 is 0 Å². The smallest absolute Gasteiger partial charge is 0.222 e. The third kappa shape index (κ3) is 5.51. The highest BCUT2D eigenvalue weighted by Gasteiger charge is 2.59. The SMILES string of the molecule is CC(C)(C)O[Si](c1ccccc1)(c1ccccc1)[Si](c1ccccc1)(c1ccccc1)[Si-](c1ccccc1)c1ccccc1. The second-order valence-electron chi connectivity index (χ2n) is 12.2. The summed E-state index contributed by atoms with van der Waals surface area (Å²) in [5.74, 6) is 0. The molecule has 0 N–H and O–H groups in total. The highest BCUT2D eigenvalue weighted by Crippen LogP contribution is 2.29. The molecule has 6 rings (SSSR count). The van der Waals surface area contributed by atoms with Crippen LogP contribution < -0.4 is 31.1 Å². The lowest BCUT2D eigenvalue weighted by Gasteiger charge is -2.62. The highest BCUT2D eigenvalue weighted by molar-refractivity contribution is 7.80. The second-order valence-corrected chi connectivity index (χ2v) is 29.1. The number of rotatable bonds is 9. The van der Waals surface area contributed by atoms with Crippen LogP contribution in [0.1, 0.15) is 20.8 Å². The van der Waals surface area contributed by atoms with Crippen LogP contribution in [0.15, 0.2) is 182 Å². The molecule has 0 bridgehead atoms. The van der Waals surface area contributed by atoms with Gasteiger partial charge in [0.15, 0.2) is 0 Å². The van der Waals surface area contributed by atoms with Crippen LogP contribution in [0.3, 0.4) is 0 Å². The molecular weight excluding hydrogens is 581 g/mol. The van der Waals surface area contributed by atoms with Crippen molar-refractivity contribution < 1.29 is 4.43 Å². The molecule has 0 spiro atoms. The number of hydrogen-bond donors (Lipinski definition) is 0. The zero-order valence-electron chi connectivity index (χ0n) is 25.7. The number of hydrogen-bond acceptors (Lipinski definition) is 1. The minimum Gasteiger partial charge on any atom is -0.408 e. The first-order valence-electron chi connectivity index (χ1n) is 15.4. The average molecular weight is 620 g/mol. The summed E-state index contributed by atoms with van der Waals surface area (Å²) in [5.41, 5.74) is -0.403. The molecule has 0 radical (unpaired) electrons. The molecule has 6 aromatic carbocycles. The molecule has 6 aromatic rings. The van der Waals surface area contributed by atoms with E-state index in [1.165, 1.54) is 31.1 Å². The monoisotopic (exact) mass is 619 g/mol. The molecule has 0 heterocycles. The predicted molar refractivity (Wildman–Crippen MR) is 195 cm³/mol. The van der Waals surface area contributed by atoms with Gasteiger partial charge in [-0.1, -0.05) is 192 Å². The predicted octanol–water partition coefficient (Wildman–Crippen LogP) is 5.29. The van der Waals surface area contributed by atoms with Crippen molar-refractivity contribution in [2.45, 2.75) is 26.4 Å². The van der Waals surface area contributed by atoms with Crippen LogP contribution in [-0.2, 0) is 4.43 Å². The molecule has 0 saturated heterocycles. The van der Waals surface area contributed by atoms with Crippen molar-refractivity contribution in [3.63, 3.8) is 0 Å². The van der Waals surface area contributed by atoms with Crippen molar-refractivity contribution in [1.82, 2.24) is 0 Å². The van der Waals surface area contributed by atoms with Gasteiger partial charge in [-0.2, -0.15) is 10.4 Å². The molecule has 0 amide bonds. The zero-order chi connectivity index (χ0) is 30.5. The summed E-state index contributed by atoms with van der Waals surface area (Å²) in [5, 5.41) is 8.35. The van der Waals surface area contributed by atoms with E-state index in [1.807, 2.05) is 0 Å². The first kappa shape index (κ1) is 30.0. The Hall–Kier alpha value is -4.07. The Labute approximate surface area is 266 Å². The Morgan fingerprint density at radius 3 is 0.955 bits per heavy atom. The van der Waals surface area contributed by atoms with Crippen LogP contribution in [0.25, 0.3) is 0 Å². The fourth-order valence-corrected chi connectivity index (χ4v) is 41.0. The molecule has 4 heteroatoms. The standard InChI is InChI=1S/C40H39OSi3/c1-40(2,3)41-43(36-26-14-6-15-27-36,37-28-16-7-17-29-37)44(38-30-18-8-19-31-38,39-32-20-9-21-33-39)42(34-22-10-4-11-23-34)35-24-12-5-13-25-35/h4-33H,1-3H3/q-1. The van der Waals surface area contributed by atoms with Gasteiger partial charge in [0.2, 0.25) is 7.83 Å². The summed E-state index contributed by atoms with van der Waals surface area (Å²) in [6.45, 7) is 6.73. The Morgan fingerprint density at radius 1 is 0.386 bits per heavy atom. The molecule has 0 atom stereocenters. The third-order valence-corrected chi connectivity index (χ3v) is 35.6. The largest absolute Gasteiger partial charge is 0.408 e. The first-order chi connectivity index (χ1) is 21.5. The minimum atomic E-state index is -3.19. The Kier molecular flexibility index (Phi) is 8.78. The lowest BCUT2D eigenvalue weighted by Crippen LogP contribution is -2.95. The van der Waals surface area contributed by atoms with Gasteiger partial charge in [0, 0.05) is 12.7 Å². The van der Waals surface area contributed by atoms with Crippen LogP contribution in [0.4, 0.5) is 0 Å². The second kappa shape index (κ2) is 12.9. The van der Waals surface area contributed by atoms with E-state index in [4.69, 9.17) is 4.43 Å². The molecule has 0 aromatic heterocycles. The van der Waals surface area contributed by atoms with Crippen molar-refractivity contribution in [3.05, 3.63) is 182 Å². The first-order valence-corrected chi connectivity index (χ1v) is 22.8.